The van der Waals surface area contributed by atoms with E-state index in [1.807, 2.05) is 43.3 Å². The van der Waals surface area contributed by atoms with Gasteiger partial charge in [0.2, 0.25) is 0 Å². The SMILES string of the molecule is Cc1cc(-c2c(C)c3cc(O)ccc3n2Cc2ccc(OC[C@H](C)N3CC[C@@H](CF)C3)cc2)ccc1O. The highest BCUT2D eigenvalue weighted by Gasteiger charge is 2.26. The molecule has 2 atom stereocenters. The van der Waals surface area contributed by atoms with E-state index in [0.29, 0.717) is 13.2 Å². The first-order valence-corrected chi connectivity index (χ1v) is 13.0. The molecule has 37 heavy (non-hydrogen) atoms. The van der Waals surface area contributed by atoms with Gasteiger partial charge < -0.3 is 19.5 Å². The molecular formula is C31H35FN2O3. The number of phenolic OH excluding ortho intramolecular Hbond substituents is 2. The zero-order chi connectivity index (χ0) is 26.1. The van der Waals surface area contributed by atoms with Gasteiger partial charge in [-0.15, -0.1) is 0 Å². The number of fused-ring (bicyclic) bond motifs is 1. The number of nitrogens with zero attached hydrogens (tertiary/aromatic N) is 2. The summed E-state index contributed by atoms with van der Waals surface area (Å²) in [4.78, 5) is 2.31. The van der Waals surface area contributed by atoms with Gasteiger partial charge in [0, 0.05) is 36.0 Å². The number of halogens is 1. The number of phenols is 2. The van der Waals surface area contributed by atoms with Crippen LogP contribution < -0.4 is 4.74 Å². The predicted octanol–water partition coefficient (Wildman–Crippen LogP) is 6.44. The fraction of sp³-hybridized carbons (Fsp3) is 0.355. The molecule has 1 fully saturated rings. The number of aryl methyl sites for hydroxylation is 2. The molecule has 0 saturated carbocycles. The molecule has 0 aliphatic carbocycles. The minimum atomic E-state index is -0.239. The number of hydrogen-bond acceptors (Lipinski definition) is 4. The van der Waals surface area contributed by atoms with Crippen LogP contribution in [0.15, 0.2) is 60.7 Å². The van der Waals surface area contributed by atoms with Gasteiger partial charge in [0.05, 0.1) is 12.4 Å². The molecule has 2 N–H and O–H groups in total. The molecular weight excluding hydrogens is 467 g/mol. The molecule has 0 bridgehead atoms. The second kappa shape index (κ2) is 10.5. The fourth-order valence-corrected chi connectivity index (χ4v) is 5.43. The lowest BCUT2D eigenvalue weighted by Gasteiger charge is -2.24. The minimum absolute atomic E-state index is 0.162. The maximum atomic E-state index is 13.0. The lowest BCUT2D eigenvalue weighted by atomic mass is 10.0. The van der Waals surface area contributed by atoms with Gasteiger partial charge in [0.25, 0.3) is 0 Å². The van der Waals surface area contributed by atoms with Crippen molar-refractivity contribution in [3.8, 4) is 28.5 Å². The molecule has 1 aromatic heterocycles. The van der Waals surface area contributed by atoms with E-state index in [2.05, 4.69) is 35.4 Å². The van der Waals surface area contributed by atoms with Crippen LogP contribution in [0.3, 0.4) is 0 Å². The van der Waals surface area contributed by atoms with Crippen LogP contribution in [0.2, 0.25) is 0 Å². The van der Waals surface area contributed by atoms with Gasteiger partial charge >= 0.3 is 0 Å². The maximum Gasteiger partial charge on any atom is 0.119 e. The molecule has 0 unspecified atom stereocenters. The lowest BCUT2D eigenvalue weighted by molar-refractivity contribution is 0.165. The van der Waals surface area contributed by atoms with Crippen LogP contribution in [0, 0.1) is 19.8 Å². The third-order valence-electron chi connectivity index (χ3n) is 7.68. The second-order valence-electron chi connectivity index (χ2n) is 10.4. The first kappa shape index (κ1) is 25.2. The van der Waals surface area contributed by atoms with E-state index in [0.717, 1.165) is 64.1 Å². The molecule has 0 radical (unpaired) electrons. The molecule has 1 saturated heterocycles. The second-order valence-corrected chi connectivity index (χ2v) is 10.4. The highest BCUT2D eigenvalue weighted by molar-refractivity contribution is 5.92. The minimum Gasteiger partial charge on any atom is -0.508 e. The van der Waals surface area contributed by atoms with Crippen molar-refractivity contribution in [2.24, 2.45) is 5.92 Å². The van der Waals surface area contributed by atoms with Crippen LogP contribution in [0.1, 0.15) is 30.0 Å². The summed E-state index contributed by atoms with van der Waals surface area (Å²) >= 11 is 0. The Kier molecular flexibility index (Phi) is 7.11. The van der Waals surface area contributed by atoms with Gasteiger partial charge in [-0.2, -0.15) is 0 Å². The van der Waals surface area contributed by atoms with Crippen LogP contribution >= 0.6 is 0 Å². The highest BCUT2D eigenvalue weighted by Crippen LogP contribution is 2.37. The van der Waals surface area contributed by atoms with E-state index in [9.17, 15) is 14.6 Å². The third kappa shape index (κ3) is 5.16. The molecule has 2 heterocycles. The molecule has 3 aromatic carbocycles. The molecule has 1 aliphatic rings. The standard InChI is InChI=1S/C31H35FN2O3/c1-20-14-25(6-11-30(20)36)31-22(3)28-15-26(35)7-10-29(28)34(31)18-23-4-8-27(9-5-23)37-19-21(2)33-13-12-24(16-32)17-33/h4-11,14-15,21,24,35-36H,12-13,16-19H2,1-3H3/t21-,24-/m0/s1. The first-order valence-electron chi connectivity index (χ1n) is 13.0. The van der Waals surface area contributed by atoms with Gasteiger partial charge in [0.1, 0.15) is 23.9 Å². The number of aromatic nitrogens is 1. The van der Waals surface area contributed by atoms with Crippen LogP contribution in [-0.2, 0) is 6.54 Å². The van der Waals surface area contributed by atoms with Crippen LogP contribution in [0.4, 0.5) is 4.39 Å². The van der Waals surface area contributed by atoms with Crippen molar-refractivity contribution in [2.75, 3.05) is 26.4 Å². The van der Waals surface area contributed by atoms with E-state index >= 15 is 0 Å². The van der Waals surface area contributed by atoms with Gasteiger partial charge in [-0.1, -0.05) is 12.1 Å². The Hall–Kier alpha value is -3.51. The van der Waals surface area contributed by atoms with Crippen molar-refractivity contribution >= 4 is 10.9 Å². The van der Waals surface area contributed by atoms with Crippen molar-refractivity contribution in [2.45, 2.75) is 39.8 Å². The first-order chi connectivity index (χ1) is 17.8. The quantitative estimate of drug-likeness (QED) is 0.291. The van der Waals surface area contributed by atoms with Gasteiger partial charge in [-0.05, 0) is 105 Å². The van der Waals surface area contributed by atoms with Gasteiger partial charge in [0.15, 0.2) is 0 Å². The fourth-order valence-electron chi connectivity index (χ4n) is 5.43. The molecule has 0 spiro atoms. The third-order valence-corrected chi connectivity index (χ3v) is 7.68. The Balaban J connectivity index is 1.37. The van der Waals surface area contributed by atoms with Gasteiger partial charge in [-0.25, -0.2) is 0 Å². The number of likely N-dealkylation sites (tertiary alicyclic amines) is 1. The summed E-state index contributed by atoms with van der Waals surface area (Å²) in [5.74, 6) is 1.50. The normalized spacial score (nSPS) is 16.9. The van der Waals surface area contributed by atoms with Crippen LogP contribution in [0.25, 0.3) is 22.2 Å². The summed E-state index contributed by atoms with van der Waals surface area (Å²) in [7, 11) is 0. The molecule has 194 valence electrons. The van der Waals surface area contributed by atoms with Crippen molar-refractivity contribution in [1.29, 1.82) is 0 Å². The Bertz CT molecular complexity index is 1400. The number of aromatic hydroxyl groups is 2. The summed E-state index contributed by atoms with van der Waals surface area (Å²) in [6.07, 6.45) is 0.925. The van der Waals surface area contributed by atoms with Crippen molar-refractivity contribution in [3.63, 3.8) is 0 Å². The zero-order valence-corrected chi connectivity index (χ0v) is 21.7. The summed E-state index contributed by atoms with van der Waals surface area (Å²) in [6.45, 7) is 8.84. The smallest absolute Gasteiger partial charge is 0.119 e. The molecule has 0 amide bonds. The van der Waals surface area contributed by atoms with E-state index in [-0.39, 0.29) is 30.1 Å². The van der Waals surface area contributed by atoms with E-state index < -0.39 is 0 Å². The lowest BCUT2D eigenvalue weighted by Crippen LogP contribution is -2.35. The van der Waals surface area contributed by atoms with E-state index in [4.69, 9.17) is 4.74 Å². The predicted molar refractivity (Wildman–Crippen MR) is 146 cm³/mol. The molecule has 1 aliphatic heterocycles. The Morgan fingerprint density at radius 2 is 1.81 bits per heavy atom. The number of rotatable bonds is 8. The summed E-state index contributed by atoms with van der Waals surface area (Å²) in [6, 6.07) is 19.6. The topological polar surface area (TPSA) is 57.9 Å². The number of benzene rings is 3. The number of alkyl halides is 1. The molecule has 5 nitrogen and oxygen atoms in total. The zero-order valence-electron chi connectivity index (χ0n) is 21.7. The van der Waals surface area contributed by atoms with Crippen LogP contribution in [-0.4, -0.2) is 52.1 Å². The Labute approximate surface area is 217 Å². The Morgan fingerprint density at radius 3 is 2.51 bits per heavy atom. The highest BCUT2D eigenvalue weighted by atomic mass is 19.1. The largest absolute Gasteiger partial charge is 0.508 e. The number of hydrogen-bond donors (Lipinski definition) is 2. The van der Waals surface area contributed by atoms with Gasteiger partial charge in [-0.3, -0.25) is 9.29 Å². The average molecular weight is 503 g/mol. The van der Waals surface area contributed by atoms with E-state index in [1.165, 1.54) is 0 Å². The van der Waals surface area contributed by atoms with Crippen molar-refractivity contribution in [3.05, 3.63) is 77.4 Å². The average Bonchev–Trinajstić information content (AvgIpc) is 3.48. The number of ether oxygens (including phenoxy) is 1. The van der Waals surface area contributed by atoms with Crippen molar-refractivity contribution in [1.82, 2.24) is 9.47 Å². The van der Waals surface area contributed by atoms with E-state index in [1.54, 1.807) is 12.1 Å². The van der Waals surface area contributed by atoms with Crippen molar-refractivity contribution < 1.29 is 19.3 Å². The summed E-state index contributed by atoms with van der Waals surface area (Å²) < 4.78 is 21.3. The molecule has 6 heteroatoms. The summed E-state index contributed by atoms with van der Waals surface area (Å²) in [5.41, 5.74) is 6.17. The maximum absolute atomic E-state index is 13.0. The summed E-state index contributed by atoms with van der Waals surface area (Å²) in [5, 5.41) is 21.2. The molecule has 5 rings (SSSR count). The Morgan fingerprint density at radius 1 is 1.03 bits per heavy atom. The monoisotopic (exact) mass is 502 g/mol. The van der Waals surface area contributed by atoms with Crippen LogP contribution in [0.5, 0.6) is 17.2 Å². The molecule has 4 aromatic rings.